The van der Waals surface area contributed by atoms with Gasteiger partial charge >= 0.3 is 18.3 Å². The summed E-state index contributed by atoms with van der Waals surface area (Å²) in [5, 5.41) is 10.6. The summed E-state index contributed by atoms with van der Waals surface area (Å²) < 4.78 is 76.5. The molecule has 1 saturated carbocycles. The summed E-state index contributed by atoms with van der Waals surface area (Å²) in [4.78, 5) is 35.2. The fraction of sp³-hybridized carbons (Fsp3) is 0.385. The van der Waals surface area contributed by atoms with Gasteiger partial charge in [0.05, 0.1) is 29.3 Å². The fourth-order valence-corrected chi connectivity index (χ4v) is 4.07. The number of piperazine rings is 1. The van der Waals surface area contributed by atoms with Crippen LogP contribution < -0.4 is 15.0 Å². The van der Waals surface area contributed by atoms with E-state index in [2.05, 4.69) is 10.2 Å². The van der Waals surface area contributed by atoms with Crippen molar-refractivity contribution in [1.82, 2.24) is 14.9 Å². The zero-order chi connectivity index (χ0) is 29.9. The molecule has 2 N–H and O–H groups in total. The normalized spacial score (nSPS) is 15.7. The summed E-state index contributed by atoms with van der Waals surface area (Å²) in [7, 11) is 1.34. The number of aliphatic carboxylic acids is 1. The number of ether oxygens (including phenoxy) is 1. The summed E-state index contributed by atoms with van der Waals surface area (Å²) in [5.74, 6) is -1.66. The summed E-state index contributed by atoms with van der Waals surface area (Å²) in [6, 6.07) is 11.0. The molecule has 3 aromatic rings. The Bertz CT molecular complexity index is 1420. The van der Waals surface area contributed by atoms with Crippen LogP contribution in [-0.2, 0) is 11.0 Å². The van der Waals surface area contributed by atoms with E-state index < -0.39 is 29.8 Å². The molecule has 220 valence electrons. The second-order valence-electron chi connectivity index (χ2n) is 9.30. The number of anilines is 2. The molecule has 15 heteroatoms. The molecule has 0 bridgehead atoms. The first kappa shape index (κ1) is 29.7. The van der Waals surface area contributed by atoms with Crippen LogP contribution in [0, 0.1) is 0 Å². The highest BCUT2D eigenvalue weighted by Crippen LogP contribution is 2.34. The van der Waals surface area contributed by atoms with Crippen LogP contribution in [0.1, 0.15) is 28.8 Å². The largest absolute Gasteiger partial charge is 0.496 e. The molecule has 0 radical (unpaired) electrons. The third-order valence-corrected chi connectivity index (χ3v) is 6.34. The number of fused-ring (bicyclic) bond motifs is 1. The van der Waals surface area contributed by atoms with E-state index in [4.69, 9.17) is 24.6 Å². The fourth-order valence-electron chi connectivity index (χ4n) is 4.07. The topological polar surface area (TPSA) is 108 Å². The van der Waals surface area contributed by atoms with Gasteiger partial charge in [-0.25, -0.2) is 14.8 Å². The minimum absolute atomic E-state index is 0.0904. The number of rotatable bonds is 5. The highest BCUT2D eigenvalue weighted by molar-refractivity contribution is 5.97. The molecule has 41 heavy (non-hydrogen) atoms. The van der Waals surface area contributed by atoms with Crippen LogP contribution in [0.2, 0.25) is 0 Å². The molecular formula is C26H25F6N5O4. The number of carbonyl (C=O) groups is 2. The molecule has 1 aliphatic heterocycles. The molecule has 1 aromatic heterocycles. The second kappa shape index (κ2) is 11.7. The minimum atomic E-state index is -5.08. The number of halogens is 6. The number of carboxylic acid groups (broad SMARTS) is 1. The number of benzene rings is 2. The highest BCUT2D eigenvalue weighted by atomic mass is 19.4. The average molecular weight is 586 g/mol. The van der Waals surface area contributed by atoms with Crippen molar-refractivity contribution in [2.45, 2.75) is 31.2 Å². The van der Waals surface area contributed by atoms with Gasteiger partial charge in [-0.05, 0) is 43.2 Å². The van der Waals surface area contributed by atoms with Crippen LogP contribution in [0.5, 0.6) is 5.75 Å². The Morgan fingerprint density at radius 3 is 2.05 bits per heavy atom. The molecule has 2 aromatic carbocycles. The summed E-state index contributed by atoms with van der Waals surface area (Å²) in [5.41, 5.74) is 0.621. The van der Waals surface area contributed by atoms with Crippen LogP contribution in [0.3, 0.4) is 0 Å². The van der Waals surface area contributed by atoms with Crippen molar-refractivity contribution in [3.63, 3.8) is 0 Å². The molecule has 0 unspecified atom stereocenters. The quantitative estimate of drug-likeness (QED) is 0.411. The maximum Gasteiger partial charge on any atom is 0.490 e. The van der Waals surface area contributed by atoms with Gasteiger partial charge in [-0.15, -0.1) is 0 Å². The van der Waals surface area contributed by atoms with Gasteiger partial charge in [-0.2, -0.15) is 26.3 Å². The number of amides is 1. The van der Waals surface area contributed by atoms with Crippen LogP contribution in [0.15, 0.2) is 42.5 Å². The highest BCUT2D eigenvalue weighted by Gasteiger charge is 2.38. The number of hydrogen-bond donors (Lipinski definition) is 2. The first-order chi connectivity index (χ1) is 19.3. The van der Waals surface area contributed by atoms with Crippen LogP contribution in [0.4, 0.5) is 38.0 Å². The molecule has 2 heterocycles. The summed E-state index contributed by atoms with van der Waals surface area (Å²) >= 11 is 0. The van der Waals surface area contributed by atoms with E-state index in [1.165, 1.54) is 13.2 Å². The summed E-state index contributed by atoms with van der Waals surface area (Å²) in [6.45, 7) is 1.66. The average Bonchev–Trinajstić information content (AvgIpc) is 3.75. The number of carboxylic acids is 1. The van der Waals surface area contributed by atoms with E-state index in [-0.39, 0.29) is 11.3 Å². The lowest BCUT2D eigenvalue weighted by Gasteiger charge is -2.36. The SMILES string of the molecule is COc1ccc(C(F)(F)F)cc1C(=O)N1CCN(c2nc3ccccc3nc2NC2CC2)CC1.O=C(O)C(F)(F)F. The molecule has 5 rings (SSSR count). The predicted molar refractivity (Wildman–Crippen MR) is 136 cm³/mol. The molecular weight excluding hydrogens is 560 g/mol. The van der Waals surface area contributed by atoms with Crippen molar-refractivity contribution in [2.24, 2.45) is 0 Å². The van der Waals surface area contributed by atoms with Gasteiger partial charge in [0.15, 0.2) is 11.6 Å². The monoisotopic (exact) mass is 585 g/mol. The zero-order valence-electron chi connectivity index (χ0n) is 21.6. The number of hydrogen-bond acceptors (Lipinski definition) is 7. The van der Waals surface area contributed by atoms with Crippen molar-refractivity contribution in [1.29, 1.82) is 0 Å². The molecule has 2 aliphatic rings. The lowest BCUT2D eigenvalue weighted by Crippen LogP contribution is -2.49. The van der Waals surface area contributed by atoms with E-state index >= 15 is 0 Å². The van der Waals surface area contributed by atoms with Gasteiger partial charge in [0.1, 0.15) is 5.75 Å². The van der Waals surface area contributed by atoms with Crippen molar-refractivity contribution in [2.75, 3.05) is 43.5 Å². The van der Waals surface area contributed by atoms with Crippen LogP contribution in [0.25, 0.3) is 11.0 Å². The number of nitrogens with zero attached hydrogens (tertiary/aromatic N) is 4. The maximum atomic E-state index is 13.2. The van der Waals surface area contributed by atoms with E-state index in [1.807, 2.05) is 24.3 Å². The van der Waals surface area contributed by atoms with Gasteiger partial charge in [0, 0.05) is 32.2 Å². The molecule has 1 amide bonds. The van der Waals surface area contributed by atoms with E-state index in [9.17, 15) is 31.1 Å². The van der Waals surface area contributed by atoms with Crippen molar-refractivity contribution in [3.8, 4) is 5.75 Å². The standard InChI is InChI=1S/C24H24F3N5O2.C2HF3O2/c1-34-20-9-6-15(24(25,26)27)14-17(20)23(33)32-12-10-31(11-13-32)22-21(28-16-7-8-16)29-18-4-2-3-5-19(18)30-22;3-2(4,5)1(6)7/h2-6,9,14,16H,7-8,10-13H2,1H3,(H,28,29);(H,6,7). The number of alkyl halides is 6. The molecule has 0 atom stereocenters. The van der Waals surface area contributed by atoms with Gasteiger partial charge in [-0.3, -0.25) is 4.79 Å². The number of carbonyl (C=O) groups excluding carboxylic acids is 1. The third kappa shape index (κ3) is 7.27. The Hall–Kier alpha value is -4.30. The van der Waals surface area contributed by atoms with E-state index in [0.29, 0.717) is 32.2 Å². The minimum Gasteiger partial charge on any atom is -0.496 e. The molecule has 0 spiro atoms. The van der Waals surface area contributed by atoms with Crippen LogP contribution >= 0.6 is 0 Å². The van der Waals surface area contributed by atoms with Crippen molar-refractivity contribution < 1.29 is 45.8 Å². The van der Waals surface area contributed by atoms with Crippen LogP contribution in [-0.4, -0.2) is 77.4 Å². The predicted octanol–water partition coefficient (Wildman–Crippen LogP) is 4.83. The summed E-state index contributed by atoms with van der Waals surface area (Å²) in [6.07, 6.45) is -7.44. The van der Waals surface area contributed by atoms with Crippen molar-refractivity contribution >= 4 is 34.5 Å². The molecule has 2 fully saturated rings. The van der Waals surface area contributed by atoms with Gasteiger partial charge in [0.2, 0.25) is 0 Å². The lowest BCUT2D eigenvalue weighted by molar-refractivity contribution is -0.192. The molecule has 1 aliphatic carbocycles. The number of methoxy groups -OCH3 is 1. The Balaban J connectivity index is 0.000000493. The first-order valence-corrected chi connectivity index (χ1v) is 12.4. The smallest absolute Gasteiger partial charge is 0.490 e. The number of aromatic nitrogens is 2. The first-order valence-electron chi connectivity index (χ1n) is 12.4. The molecule has 1 saturated heterocycles. The maximum absolute atomic E-state index is 13.2. The number of para-hydroxylation sites is 2. The second-order valence-corrected chi connectivity index (χ2v) is 9.30. The van der Waals surface area contributed by atoms with Gasteiger partial charge in [-0.1, -0.05) is 12.1 Å². The zero-order valence-corrected chi connectivity index (χ0v) is 21.6. The number of nitrogens with one attached hydrogen (secondary N) is 1. The Labute approximate surface area is 229 Å². The van der Waals surface area contributed by atoms with Gasteiger partial charge < -0.3 is 25.0 Å². The van der Waals surface area contributed by atoms with Crippen molar-refractivity contribution in [3.05, 3.63) is 53.6 Å². The van der Waals surface area contributed by atoms with E-state index in [0.717, 1.165) is 47.6 Å². The Kier molecular flexibility index (Phi) is 8.44. The third-order valence-electron chi connectivity index (χ3n) is 6.34. The lowest BCUT2D eigenvalue weighted by atomic mass is 10.1. The van der Waals surface area contributed by atoms with Gasteiger partial charge in [0.25, 0.3) is 5.91 Å². The van der Waals surface area contributed by atoms with E-state index in [1.54, 1.807) is 4.90 Å². The Morgan fingerprint density at radius 1 is 0.951 bits per heavy atom. The molecule has 9 nitrogen and oxygen atoms in total. The Morgan fingerprint density at radius 2 is 1.54 bits per heavy atom.